The third-order valence-corrected chi connectivity index (χ3v) is 5.44. The second-order valence-electron chi connectivity index (χ2n) is 7.45. The first kappa shape index (κ1) is 21.4. The van der Waals surface area contributed by atoms with Crippen molar-refractivity contribution in [3.8, 4) is 5.75 Å². The standard InChI is InChI=1S/C23H26N6O3/c1-32-19-7-5-18(6-8-19)28-12-14-29(15-13-28)23-26-16-20(22(31)27-23)21(30)25-11-9-17-4-2-3-10-24-17/h2-8,10,16H,9,11-15H2,1H3,(H,25,30)(H,26,27,31). The number of H-pyrrole nitrogens is 1. The largest absolute Gasteiger partial charge is 0.497 e. The number of nitrogens with one attached hydrogen (secondary N) is 2. The van der Waals surface area contributed by atoms with Crippen LogP contribution >= 0.6 is 0 Å². The zero-order valence-corrected chi connectivity index (χ0v) is 18.0. The first-order valence-electron chi connectivity index (χ1n) is 10.6. The molecule has 0 bridgehead atoms. The lowest BCUT2D eigenvalue weighted by atomic mass is 10.2. The van der Waals surface area contributed by atoms with Crippen molar-refractivity contribution >= 4 is 17.5 Å². The van der Waals surface area contributed by atoms with Gasteiger partial charge in [0.2, 0.25) is 5.95 Å². The molecule has 166 valence electrons. The van der Waals surface area contributed by atoms with Crippen molar-refractivity contribution in [2.24, 2.45) is 0 Å². The van der Waals surface area contributed by atoms with E-state index in [0.29, 0.717) is 32.0 Å². The number of methoxy groups -OCH3 is 1. The Morgan fingerprint density at radius 2 is 1.81 bits per heavy atom. The maximum Gasteiger partial charge on any atom is 0.265 e. The fourth-order valence-corrected chi connectivity index (χ4v) is 3.62. The van der Waals surface area contributed by atoms with E-state index in [2.05, 4.69) is 25.2 Å². The van der Waals surface area contributed by atoms with Gasteiger partial charge in [-0.05, 0) is 36.4 Å². The zero-order valence-electron chi connectivity index (χ0n) is 18.0. The van der Waals surface area contributed by atoms with Gasteiger partial charge < -0.3 is 19.9 Å². The Labute approximate surface area is 186 Å². The lowest BCUT2D eigenvalue weighted by Crippen LogP contribution is -2.47. The molecule has 9 heteroatoms. The van der Waals surface area contributed by atoms with Gasteiger partial charge in [0.1, 0.15) is 11.3 Å². The summed E-state index contributed by atoms with van der Waals surface area (Å²) in [5.41, 5.74) is 1.57. The zero-order chi connectivity index (χ0) is 22.3. The molecule has 3 aromatic rings. The van der Waals surface area contributed by atoms with Crippen molar-refractivity contribution in [3.63, 3.8) is 0 Å². The molecule has 1 amide bonds. The summed E-state index contributed by atoms with van der Waals surface area (Å²) in [5.74, 6) is 0.870. The van der Waals surface area contributed by atoms with Gasteiger partial charge in [0.05, 0.1) is 7.11 Å². The summed E-state index contributed by atoms with van der Waals surface area (Å²) in [4.78, 5) is 40.5. The van der Waals surface area contributed by atoms with Crippen molar-refractivity contribution < 1.29 is 9.53 Å². The molecular weight excluding hydrogens is 408 g/mol. The average molecular weight is 435 g/mol. The summed E-state index contributed by atoms with van der Waals surface area (Å²) in [5, 5.41) is 2.75. The number of ether oxygens (including phenoxy) is 1. The van der Waals surface area contributed by atoms with Crippen molar-refractivity contribution in [2.75, 3.05) is 49.6 Å². The molecule has 4 rings (SSSR count). The Morgan fingerprint density at radius 1 is 1.06 bits per heavy atom. The predicted molar refractivity (Wildman–Crippen MR) is 123 cm³/mol. The van der Waals surface area contributed by atoms with Crippen LogP contribution in [0.15, 0.2) is 59.7 Å². The molecule has 9 nitrogen and oxygen atoms in total. The number of carbonyl (C=O) groups excluding carboxylic acids is 1. The number of rotatable bonds is 7. The number of nitrogens with zero attached hydrogens (tertiary/aromatic N) is 4. The van der Waals surface area contributed by atoms with Crippen molar-refractivity contribution in [1.29, 1.82) is 0 Å². The molecule has 32 heavy (non-hydrogen) atoms. The van der Waals surface area contributed by atoms with Gasteiger partial charge in [0.15, 0.2) is 0 Å². The number of amides is 1. The van der Waals surface area contributed by atoms with E-state index in [1.54, 1.807) is 13.3 Å². The van der Waals surface area contributed by atoms with Crippen LogP contribution in [0.5, 0.6) is 5.75 Å². The van der Waals surface area contributed by atoms with E-state index in [-0.39, 0.29) is 5.56 Å². The molecule has 0 aliphatic carbocycles. The van der Waals surface area contributed by atoms with Crippen molar-refractivity contribution in [2.45, 2.75) is 6.42 Å². The van der Waals surface area contributed by atoms with E-state index in [1.165, 1.54) is 6.20 Å². The number of hydrogen-bond acceptors (Lipinski definition) is 7. The molecular formula is C23H26N6O3. The molecule has 2 N–H and O–H groups in total. The Balaban J connectivity index is 1.32. The lowest BCUT2D eigenvalue weighted by Gasteiger charge is -2.36. The molecule has 0 atom stereocenters. The van der Waals surface area contributed by atoms with Gasteiger partial charge >= 0.3 is 0 Å². The molecule has 3 heterocycles. The fraction of sp³-hybridized carbons (Fsp3) is 0.304. The lowest BCUT2D eigenvalue weighted by molar-refractivity contribution is 0.0952. The molecule has 0 radical (unpaired) electrons. The molecule has 1 saturated heterocycles. The highest BCUT2D eigenvalue weighted by atomic mass is 16.5. The van der Waals surface area contributed by atoms with Crippen molar-refractivity contribution in [1.82, 2.24) is 20.3 Å². The van der Waals surface area contributed by atoms with Gasteiger partial charge in [0.25, 0.3) is 11.5 Å². The minimum absolute atomic E-state index is 0.00615. The average Bonchev–Trinajstić information content (AvgIpc) is 2.85. The molecule has 2 aromatic heterocycles. The van der Waals surface area contributed by atoms with E-state index in [4.69, 9.17) is 4.74 Å². The number of aromatic nitrogens is 3. The Morgan fingerprint density at radius 3 is 2.47 bits per heavy atom. The third-order valence-electron chi connectivity index (χ3n) is 5.44. The fourth-order valence-electron chi connectivity index (χ4n) is 3.62. The molecule has 1 aromatic carbocycles. The van der Waals surface area contributed by atoms with E-state index >= 15 is 0 Å². The second kappa shape index (κ2) is 9.95. The summed E-state index contributed by atoms with van der Waals surface area (Å²) in [6.07, 6.45) is 3.65. The van der Waals surface area contributed by atoms with Crippen LogP contribution in [0.2, 0.25) is 0 Å². The number of hydrogen-bond donors (Lipinski definition) is 2. The molecule has 0 saturated carbocycles. The maximum atomic E-state index is 12.5. The minimum atomic E-state index is -0.442. The van der Waals surface area contributed by atoms with Crippen LogP contribution in [0.3, 0.4) is 0 Å². The van der Waals surface area contributed by atoms with Crippen LogP contribution in [0, 0.1) is 0 Å². The maximum absolute atomic E-state index is 12.5. The molecule has 0 unspecified atom stereocenters. The predicted octanol–water partition coefficient (Wildman–Crippen LogP) is 1.47. The van der Waals surface area contributed by atoms with E-state index in [9.17, 15) is 9.59 Å². The summed E-state index contributed by atoms with van der Waals surface area (Å²) >= 11 is 0. The number of aromatic amines is 1. The molecule has 1 fully saturated rings. The summed E-state index contributed by atoms with van der Waals surface area (Å²) in [6, 6.07) is 13.6. The van der Waals surface area contributed by atoms with Gasteiger partial charge in [-0.15, -0.1) is 0 Å². The Kier molecular flexibility index (Phi) is 6.64. The van der Waals surface area contributed by atoms with Gasteiger partial charge in [-0.1, -0.05) is 6.07 Å². The highest BCUT2D eigenvalue weighted by molar-refractivity contribution is 5.93. The van der Waals surface area contributed by atoms with Crippen LogP contribution in [0.4, 0.5) is 11.6 Å². The smallest absolute Gasteiger partial charge is 0.265 e. The molecule has 1 aliphatic heterocycles. The Bertz CT molecular complexity index is 1090. The minimum Gasteiger partial charge on any atom is -0.497 e. The highest BCUT2D eigenvalue weighted by Gasteiger charge is 2.20. The number of anilines is 2. The van der Waals surface area contributed by atoms with Crippen LogP contribution in [-0.4, -0.2) is 60.7 Å². The van der Waals surface area contributed by atoms with Gasteiger partial charge in [-0.25, -0.2) is 4.98 Å². The van der Waals surface area contributed by atoms with E-state index in [0.717, 1.165) is 30.2 Å². The van der Waals surface area contributed by atoms with Gasteiger partial charge in [-0.2, -0.15) is 0 Å². The van der Waals surface area contributed by atoms with Gasteiger partial charge in [0, 0.05) is 62.9 Å². The van der Waals surface area contributed by atoms with Crippen LogP contribution in [0.1, 0.15) is 16.1 Å². The van der Waals surface area contributed by atoms with Crippen LogP contribution in [0.25, 0.3) is 0 Å². The first-order chi connectivity index (χ1) is 15.6. The number of benzene rings is 1. The number of pyridine rings is 1. The van der Waals surface area contributed by atoms with Gasteiger partial charge in [-0.3, -0.25) is 19.6 Å². The van der Waals surface area contributed by atoms with E-state index < -0.39 is 11.5 Å². The summed E-state index contributed by atoms with van der Waals surface area (Å²) in [7, 11) is 1.65. The van der Waals surface area contributed by atoms with Crippen molar-refractivity contribution in [3.05, 3.63) is 76.5 Å². The highest BCUT2D eigenvalue weighted by Crippen LogP contribution is 2.21. The topological polar surface area (TPSA) is 103 Å². The number of piperazine rings is 1. The molecule has 0 spiro atoms. The SMILES string of the molecule is COc1ccc(N2CCN(c3ncc(C(=O)NCCc4ccccn4)c(=O)[nH]3)CC2)cc1. The first-order valence-corrected chi connectivity index (χ1v) is 10.6. The van der Waals surface area contributed by atoms with Crippen LogP contribution in [-0.2, 0) is 6.42 Å². The normalized spacial score (nSPS) is 13.7. The Hall–Kier alpha value is -3.88. The monoisotopic (exact) mass is 434 g/mol. The second-order valence-corrected chi connectivity index (χ2v) is 7.45. The molecule has 1 aliphatic rings. The number of carbonyl (C=O) groups is 1. The van der Waals surface area contributed by atoms with E-state index in [1.807, 2.05) is 47.4 Å². The third kappa shape index (κ3) is 5.05. The summed E-state index contributed by atoms with van der Waals surface area (Å²) < 4.78 is 5.21. The summed E-state index contributed by atoms with van der Waals surface area (Å²) in [6.45, 7) is 3.41. The quantitative estimate of drug-likeness (QED) is 0.580. The van der Waals surface area contributed by atoms with Crippen LogP contribution < -0.4 is 25.4 Å².